The monoisotopic (exact) mass is 227 g/mol. The predicted molar refractivity (Wildman–Crippen MR) is 63.5 cm³/mol. The van der Waals surface area contributed by atoms with E-state index < -0.39 is 0 Å². The van der Waals surface area contributed by atoms with Gasteiger partial charge in [-0.3, -0.25) is 0 Å². The van der Waals surface area contributed by atoms with E-state index >= 15 is 0 Å². The minimum Gasteiger partial charge on any atom is -0.486 e. The number of ether oxygens (including phenoxy) is 1. The van der Waals surface area contributed by atoms with Crippen molar-refractivity contribution >= 4 is 0 Å². The maximum Gasteiger partial charge on any atom is 0.146 e. The summed E-state index contributed by atoms with van der Waals surface area (Å²) in [6, 6.07) is 13.4. The van der Waals surface area contributed by atoms with Gasteiger partial charge in [0.05, 0.1) is 12.5 Å². The molecule has 0 aliphatic heterocycles. The molecule has 0 atom stereocenters. The highest BCUT2D eigenvalue weighted by Gasteiger charge is 2.00. The Morgan fingerprint density at radius 2 is 1.94 bits per heavy atom. The first kappa shape index (κ1) is 11.3. The normalized spacial score (nSPS) is 9.88. The lowest BCUT2D eigenvalue weighted by atomic mass is 10.2. The zero-order valence-corrected chi connectivity index (χ0v) is 9.64. The third-order valence-electron chi connectivity index (χ3n) is 2.38. The summed E-state index contributed by atoms with van der Waals surface area (Å²) in [6.45, 7) is 2.33. The van der Waals surface area contributed by atoms with Crippen molar-refractivity contribution in [1.29, 1.82) is 5.26 Å². The first-order valence-electron chi connectivity index (χ1n) is 5.42. The lowest BCUT2D eigenvalue weighted by Gasteiger charge is -2.04. The van der Waals surface area contributed by atoms with Gasteiger partial charge in [-0.2, -0.15) is 5.26 Å². The zero-order chi connectivity index (χ0) is 12.1. The van der Waals surface area contributed by atoms with Crippen molar-refractivity contribution < 1.29 is 9.15 Å². The number of aryl methyl sites for hydroxylation is 1. The van der Waals surface area contributed by atoms with Gasteiger partial charge in [-0.25, -0.2) is 0 Å². The molecule has 0 radical (unpaired) electrons. The van der Waals surface area contributed by atoms with Crippen LogP contribution < -0.4 is 4.74 Å². The van der Waals surface area contributed by atoms with Gasteiger partial charge < -0.3 is 9.15 Å². The van der Waals surface area contributed by atoms with Gasteiger partial charge in [-0.1, -0.05) is 12.1 Å². The molecule has 0 amide bonds. The second kappa shape index (κ2) is 5.22. The maximum atomic E-state index is 8.55. The summed E-state index contributed by atoms with van der Waals surface area (Å²) in [5, 5.41) is 8.55. The molecule has 2 rings (SSSR count). The second-order valence-electron chi connectivity index (χ2n) is 3.78. The molecule has 86 valence electrons. The molecule has 0 saturated heterocycles. The molecule has 3 nitrogen and oxygen atoms in total. The van der Waals surface area contributed by atoms with Crippen LogP contribution in [0.25, 0.3) is 0 Å². The molecule has 1 aromatic heterocycles. The van der Waals surface area contributed by atoms with Crippen LogP contribution in [0.4, 0.5) is 0 Å². The molecule has 1 heterocycles. The molecule has 0 bridgehead atoms. The Labute approximate surface area is 100 Å². The molecule has 3 heteroatoms. The van der Waals surface area contributed by atoms with Gasteiger partial charge in [0.15, 0.2) is 0 Å². The van der Waals surface area contributed by atoms with Gasteiger partial charge in [0.25, 0.3) is 0 Å². The summed E-state index contributed by atoms with van der Waals surface area (Å²) < 4.78 is 11.0. The number of furan rings is 1. The second-order valence-corrected chi connectivity index (χ2v) is 3.78. The fourth-order valence-electron chi connectivity index (χ4n) is 1.51. The highest BCUT2D eigenvalue weighted by Crippen LogP contribution is 2.15. The molecular formula is C14H13NO2. The van der Waals surface area contributed by atoms with Crippen LogP contribution in [0.1, 0.15) is 17.1 Å². The van der Waals surface area contributed by atoms with E-state index in [9.17, 15) is 0 Å². The Morgan fingerprint density at radius 3 is 2.53 bits per heavy atom. The van der Waals surface area contributed by atoms with Crippen LogP contribution in [0.2, 0.25) is 0 Å². The molecule has 0 fully saturated rings. The van der Waals surface area contributed by atoms with Gasteiger partial charge in [-0.05, 0) is 36.8 Å². The van der Waals surface area contributed by atoms with Crippen LogP contribution in [0.5, 0.6) is 5.75 Å². The SMILES string of the molecule is Cc1ccc(COc2ccc(CC#N)cc2)o1. The highest BCUT2D eigenvalue weighted by molar-refractivity contribution is 5.28. The maximum absolute atomic E-state index is 8.55. The van der Waals surface area contributed by atoms with Gasteiger partial charge in [-0.15, -0.1) is 0 Å². The zero-order valence-electron chi connectivity index (χ0n) is 9.64. The van der Waals surface area contributed by atoms with Crippen molar-refractivity contribution in [3.63, 3.8) is 0 Å². The molecule has 0 N–H and O–H groups in total. The van der Waals surface area contributed by atoms with E-state index in [1.807, 2.05) is 43.3 Å². The number of rotatable bonds is 4. The third kappa shape index (κ3) is 3.12. The summed E-state index contributed by atoms with van der Waals surface area (Å²) in [4.78, 5) is 0. The molecule has 0 unspecified atom stereocenters. The molecule has 0 aliphatic carbocycles. The van der Waals surface area contributed by atoms with E-state index in [-0.39, 0.29) is 0 Å². The number of nitriles is 1. The van der Waals surface area contributed by atoms with Crippen molar-refractivity contribution in [1.82, 2.24) is 0 Å². The average molecular weight is 227 g/mol. The minimum absolute atomic E-state index is 0.422. The average Bonchev–Trinajstić information content (AvgIpc) is 2.75. The van der Waals surface area contributed by atoms with Crippen LogP contribution in [0.3, 0.4) is 0 Å². The lowest BCUT2D eigenvalue weighted by molar-refractivity contribution is 0.267. The van der Waals surface area contributed by atoms with E-state index in [2.05, 4.69) is 6.07 Å². The van der Waals surface area contributed by atoms with Crippen molar-refractivity contribution in [3.05, 3.63) is 53.5 Å². The van der Waals surface area contributed by atoms with E-state index in [0.29, 0.717) is 13.0 Å². The van der Waals surface area contributed by atoms with E-state index in [4.69, 9.17) is 14.4 Å². The first-order chi connectivity index (χ1) is 8.28. The number of hydrogen-bond acceptors (Lipinski definition) is 3. The van der Waals surface area contributed by atoms with E-state index in [1.54, 1.807) is 0 Å². The first-order valence-corrected chi connectivity index (χ1v) is 5.42. The highest BCUT2D eigenvalue weighted by atomic mass is 16.5. The van der Waals surface area contributed by atoms with Gasteiger partial charge in [0.1, 0.15) is 23.9 Å². The minimum atomic E-state index is 0.422. The number of benzene rings is 1. The predicted octanol–water partition coefficient (Wildman–Crippen LogP) is 3.23. The number of nitrogens with zero attached hydrogens (tertiary/aromatic N) is 1. The Morgan fingerprint density at radius 1 is 1.18 bits per heavy atom. The van der Waals surface area contributed by atoms with E-state index in [1.165, 1.54) is 0 Å². The summed E-state index contributed by atoms with van der Waals surface area (Å²) in [5.41, 5.74) is 0.994. The lowest BCUT2D eigenvalue weighted by Crippen LogP contribution is -1.93. The summed E-state index contributed by atoms with van der Waals surface area (Å²) in [5.74, 6) is 2.47. The van der Waals surface area contributed by atoms with Gasteiger partial charge in [0, 0.05) is 0 Å². The smallest absolute Gasteiger partial charge is 0.146 e. The Kier molecular flexibility index (Phi) is 3.46. The Balaban J connectivity index is 1.93. The Bertz CT molecular complexity index is 520. The van der Waals surface area contributed by atoms with Crippen molar-refractivity contribution in [2.24, 2.45) is 0 Å². The third-order valence-corrected chi connectivity index (χ3v) is 2.38. The molecule has 0 aliphatic rings. The van der Waals surface area contributed by atoms with Crippen LogP contribution in [0, 0.1) is 18.3 Å². The summed E-state index contributed by atoms with van der Waals surface area (Å²) in [6.07, 6.45) is 0.428. The molecule has 0 spiro atoms. The van der Waals surface area contributed by atoms with Crippen molar-refractivity contribution in [2.75, 3.05) is 0 Å². The fourth-order valence-corrected chi connectivity index (χ4v) is 1.51. The molecule has 2 aromatic rings. The largest absolute Gasteiger partial charge is 0.486 e. The van der Waals surface area contributed by atoms with Crippen LogP contribution in [0.15, 0.2) is 40.8 Å². The summed E-state index contributed by atoms with van der Waals surface area (Å²) in [7, 11) is 0. The van der Waals surface area contributed by atoms with Crippen molar-refractivity contribution in [2.45, 2.75) is 20.0 Å². The fraction of sp³-hybridized carbons (Fsp3) is 0.214. The standard InChI is InChI=1S/C14H13NO2/c1-11-2-5-14(17-11)10-16-13-6-3-12(4-7-13)8-9-15/h2-7H,8,10H2,1H3. The topological polar surface area (TPSA) is 46.2 Å². The van der Waals surface area contributed by atoms with Crippen LogP contribution in [-0.4, -0.2) is 0 Å². The van der Waals surface area contributed by atoms with Crippen LogP contribution >= 0.6 is 0 Å². The van der Waals surface area contributed by atoms with E-state index in [0.717, 1.165) is 22.8 Å². The van der Waals surface area contributed by atoms with Crippen molar-refractivity contribution in [3.8, 4) is 11.8 Å². The summed E-state index contributed by atoms with van der Waals surface area (Å²) >= 11 is 0. The molecule has 1 aromatic carbocycles. The van der Waals surface area contributed by atoms with Gasteiger partial charge in [0.2, 0.25) is 0 Å². The molecule has 17 heavy (non-hydrogen) atoms. The number of hydrogen-bond donors (Lipinski definition) is 0. The van der Waals surface area contributed by atoms with Gasteiger partial charge >= 0.3 is 0 Å². The quantitative estimate of drug-likeness (QED) is 0.805. The van der Waals surface area contributed by atoms with Crippen LogP contribution in [-0.2, 0) is 13.0 Å². The molecular weight excluding hydrogens is 214 g/mol. The molecule has 0 saturated carbocycles. The Hall–Kier alpha value is -2.21.